The molecule has 0 amide bonds. The van der Waals surface area contributed by atoms with Gasteiger partial charge >= 0.3 is 0 Å². The van der Waals surface area contributed by atoms with Gasteiger partial charge < -0.3 is 9.84 Å². The summed E-state index contributed by atoms with van der Waals surface area (Å²) in [6.45, 7) is 3.24. The van der Waals surface area contributed by atoms with E-state index in [4.69, 9.17) is 4.74 Å². The van der Waals surface area contributed by atoms with E-state index in [1.165, 1.54) is 0 Å². The second-order valence-electron chi connectivity index (χ2n) is 3.89. The molecule has 0 spiro atoms. The molecule has 76 valence electrons. The molecule has 3 heteroatoms. The van der Waals surface area contributed by atoms with Crippen LogP contribution < -0.4 is 0 Å². The van der Waals surface area contributed by atoms with Gasteiger partial charge in [0.15, 0.2) is 0 Å². The molecule has 1 saturated heterocycles. The van der Waals surface area contributed by atoms with Crippen molar-refractivity contribution in [2.45, 2.75) is 25.4 Å². The molecule has 2 rings (SSSR count). The van der Waals surface area contributed by atoms with Crippen molar-refractivity contribution in [1.82, 2.24) is 4.98 Å². The Balaban J connectivity index is 2.28. The number of pyridine rings is 1. The Hall–Kier alpha value is -0.930. The number of ether oxygens (including phenoxy) is 1. The molecule has 1 aromatic rings. The van der Waals surface area contributed by atoms with Crippen LogP contribution in [0.5, 0.6) is 0 Å². The summed E-state index contributed by atoms with van der Waals surface area (Å²) in [5, 5.41) is 10.3. The summed E-state index contributed by atoms with van der Waals surface area (Å²) < 4.78 is 5.24. The molecule has 0 bridgehead atoms. The maximum absolute atomic E-state index is 10.3. The standard InChI is InChI=1S/C11H15NO2/c1-9-6-10(8-12-7-9)11(13)2-4-14-5-3-11/h6-8,13H,2-5H2,1H3. The zero-order valence-electron chi connectivity index (χ0n) is 8.36. The lowest BCUT2D eigenvalue weighted by atomic mass is 9.87. The van der Waals surface area contributed by atoms with Crippen molar-refractivity contribution in [2.24, 2.45) is 0 Å². The van der Waals surface area contributed by atoms with Crippen molar-refractivity contribution in [3.63, 3.8) is 0 Å². The van der Waals surface area contributed by atoms with Crippen LogP contribution in [0.25, 0.3) is 0 Å². The number of aromatic nitrogens is 1. The summed E-state index contributed by atoms with van der Waals surface area (Å²) in [6.07, 6.45) is 4.88. The first-order valence-corrected chi connectivity index (χ1v) is 4.93. The zero-order chi connectivity index (χ0) is 10.0. The van der Waals surface area contributed by atoms with E-state index in [0.29, 0.717) is 26.1 Å². The largest absolute Gasteiger partial charge is 0.385 e. The third-order valence-electron chi connectivity index (χ3n) is 2.73. The minimum Gasteiger partial charge on any atom is -0.385 e. The molecule has 0 radical (unpaired) electrons. The molecule has 1 aliphatic rings. The van der Waals surface area contributed by atoms with Crippen molar-refractivity contribution in [3.8, 4) is 0 Å². The van der Waals surface area contributed by atoms with Gasteiger partial charge in [0, 0.05) is 44.0 Å². The van der Waals surface area contributed by atoms with Crippen molar-refractivity contribution in [1.29, 1.82) is 0 Å². The monoisotopic (exact) mass is 193 g/mol. The van der Waals surface area contributed by atoms with Gasteiger partial charge in [0.1, 0.15) is 0 Å². The van der Waals surface area contributed by atoms with Gasteiger partial charge in [-0.2, -0.15) is 0 Å². The predicted molar refractivity (Wildman–Crippen MR) is 52.9 cm³/mol. The molecular weight excluding hydrogens is 178 g/mol. The fourth-order valence-electron chi connectivity index (χ4n) is 1.81. The first-order chi connectivity index (χ1) is 6.71. The number of aliphatic hydroxyl groups is 1. The topological polar surface area (TPSA) is 42.4 Å². The Morgan fingerprint density at radius 1 is 1.36 bits per heavy atom. The molecule has 2 heterocycles. The van der Waals surface area contributed by atoms with Crippen LogP contribution in [0.2, 0.25) is 0 Å². The number of hydrogen-bond donors (Lipinski definition) is 1. The second kappa shape index (κ2) is 3.67. The third-order valence-corrected chi connectivity index (χ3v) is 2.73. The fourth-order valence-corrected chi connectivity index (χ4v) is 1.81. The van der Waals surface area contributed by atoms with E-state index >= 15 is 0 Å². The Morgan fingerprint density at radius 2 is 2.07 bits per heavy atom. The van der Waals surface area contributed by atoms with Crippen molar-refractivity contribution >= 4 is 0 Å². The zero-order valence-corrected chi connectivity index (χ0v) is 8.36. The highest BCUT2D eigenvalue weighted by atomic mass is 16.5. The van der Waals surface area contributed by atoms with Crippen LogP contribution in [0.1, 0.15) is 24.0 Å². The Kier molecular flexibility index (Phi) is 2.52. The van der Waals surface area contributed by atoms with Crippen LogP contribution in [0.3, 0.4) is 0 Å². The molecule has 0 saturated carbocycles. The number of nitrogens with zero attached hydrogens (tertiary/aromatic N) is 1. The van der Waals surface area contributed by atoms with E-state index in [1.54, 1.807) is 12.4 Å². The van der Waals surface area contributed by atoms with Gasteiger partial charge in [-0.15, -0.1) is 0 Å². The van der Waals surface area contributed by atoms with Crippen molar-refractivity contribution < 1.29 is 9.84 Å². The van der Waals surface area contributed by atoms with Crippen molar-refractivity contribution in [2.75, 3.05) is 13.2 Å². The van der Waals surface area contributed by atoms with Crippen LogP contribution in [0, 0.1) is 6.92 Å². The third kappa shape index (κ3) is 1.79. The molecule has 14 heavy (non-hydrogen) atoms. The van der Waals surface area contributed by atoms with E-state index in [0.717, 1.165) is 11.1 Å². The Labute approximate surface area is 83.7 Å². The summed E-state index contributed by atoms with van der Waals surface area (Å²) >= 11 is 0. The highest BCUT2D eigenvalue weighted by Gasteiger charge is 2.31. The Morgan fingerprint density at radius 3 is 2.71 bits per heavy atom. The van der Waals surface area contributed by atoms with Gasteiger partial charge in [0.05, 0.1) is 5.60 Å². The minimum absolute atomic E-state index is 0.629. The first kappa shape index (κ1) is 9.62. The molecular formula is C11H15NO2. The molecule has 1 aliphatic heterocycles. The fraction of sp³-hybridized carbons (Fsp3) is 0.545. The lowest BCUT2D eigenvalue weighted by Gasteiger charge is -2.32. The maximum atomic E-state index is 10.3. The maximum Gasteiger partial charge on any atom is 0.0955 e. The first-order valence-electron chi connectivity index (χ1n) is 4.93. The predicted octanol–water partition coefficient (Wildman–Crippen LogP) is 1.39. The van der Waals surface area contributed by atoms with E-state index in [1.807, 2.05) is 13.0 Å². The lowest BCUT2D eigenvalue weighted by Crippen LogP contribution is -2.33. The van der Waals surface area contributed by atoms with E-state index in [-0.39, 0.29) is 0 Å². The summed E-state index contributed by atoms with van der Waals surface area (Å²) in [5.74, 6) is 0. The van der Waals surface area contributed by atoms with Gasteiger partial charge in [0.25, 0.3) is 0 Å². The normalized spacial score (nSPS) is 20.7. The van der Waals surface area contributed by atoms with Gasteiger partial charge in [0.2, 0.25) is 0 Å². The van der Waals surface area contributed by atoms with E-state index < -0.39 is 5.60 Å². The van der Waals surface area contributed by atoms with Crippen LogP contribution >= 0.6 is 0 Å². The smallest absolute Gasteiger partial charge is 0.0955 e. The summed E-state index contributed by atoms with van der Waals surface area (Å²) in [6, 6.07) is 2.00. The molecule has 3 nitrogen and oxygen atoms in total. The van der Waals surface area contributed by atoms with Crippen LogP contribution in [0.4, 0.5) is 0 Å². The molecule has 0 aromatic carbocycles. The Bertz CT molecular complexity index is 319. The average Bonchev–Trinajstić information content (AvgIpc) is 2.19. The van der Waals surface area contributed by atoms with Crippen LogP contribution in [0.15, 0.2) is 18.5 Å². The van der Waals surface area contributed by atoms with E-state index in [9.17, 15) is 5.11 Å². The lowest BCUT2D eigenvalue weighted by molar-refractivity contribution is -0.0681. The molecule has 1 N–H and O–H groups in total. The van der Waals surface area contributed by atoms with Gasteiger partial charge in [-0.3, -0.25) is 4.98 Å². The minimum atomic E-state index is -0.725. The quantitative estimate of drug-likeness (QED) is 0.732. The van der Waals surface area contributed by atoms with Gasteiger partial charge in [-0.1, -0.05) is 6.07 Å². The summed E-state index contributed by atoms with van der Waals surface area (Å²) in [5.41, 5.74) is 1.28. The highest BCUT2D eigenvalue weighted by molar-refractivity contribution is 5.23. The number of aryl methyl sites for hydroxylation is 1. The molecule has 0 unspecified atom stereocenters. The van der Waals surface area contributed by atoms with Crippen LogP contribution in [-0.4, -0.2) is 23.3 Å². The van der Waals surface area contributed by atoms with E-state index in [2.05, 4.69) is 4.98 Å². The van der Waals surface area contributed by atoms with Crippen LogP contribution in [-0.2, 0) is 10.3 Å². The van der Waals surface area contributed by atoms with Gasteiger partial charge in [-0.05, 0) is 12.5 Å². The van der Waals surface area contributed by atoms with Crippen molar-refractivity contribution in [3.05, 3.63) is 29.6 Å². The molecule has 1 fully saturated rings. The molecule has 1 aromatic heterocycles. The number of rotatable bonds is 1. The number of hydrogen-bond acceptors (Lipinski definition) is 3. The molecule has 0 atom stereocenters. The second-order valence-corrected chi connectivity index (χ2v) is 3.89. The van der Waals surface area contributed by atoms with Gasteiger partial charge in [-0.25, -0.2) is 0 Å². The molecule has 0 aliphatic carbocycles. The highest BCUT2D eigenvalue weighted by Crippen LogP contribution is 2.31. The summed E-state index contributed by atoms with van der Waals surface area (Å²) in [7, 11) is 0. The SMILES string of the molecule is Cc1cncc(C2(O)CCOCC2)c1. The summed E-state index contributed by atoms with van der Waals surface area (Å²) in [4.78, 5) is 4.10. The average molecular weight is 193 g/mol.